The van der Waals surface area contributed by atoms with Crippen molar-refractivity contribution in [2.45, 2.75) is 31.7 Å². The number of benzene rings is 2. The van der Waals surface area contributed by atoms with Crippen molar-refractivity contribution < 1.29 is 14.4 Å². The van der Waals surface area contributed by atoms with Gasteiger partial charge in [-0.15, -0.1) is 0 Å². The Morgan fingerprint density at radius 3 is 2.83 bits per heavy atom. The molecule has 1 atom stereocenters. The number of amides is 4. The molecule has 2 aliphatic rings. The zero-order valence-corrected chi connectivity index (χ0v) is 16.4. The lowest BCUT2D eigenvalue weighted by atomic mass is 10.1. The summed E-state index contributed by atoms with van der Waals surface area (Å²) in [4.78, 5) is 41.7. The standard InChI is InChI=1S/C23H22N4O3/c28-21(25-17-9-8-14-4-3-5-15(14)10-17)13-27-22(29)20(26-23(27)30)11-16-12-24-19-7-2-1-6-18(16)19/h1-2,6-10,12,20,24H,3-5,11,13H2,(H,25,28)(H,26,30)/t20-/m1/s1. The summed E-state index contributed by atoms with van der Waals surface area (Å²) in [6, 6.07) is 12.5. The molecule has 7 heteroatoms. The first-order valence-corrected chi connectivity index (χ1v) is 10.2. The Balaban J connectivity index is 1.24. The summed E-state index contributed by atoms with van der Waals surface area (Å²) in [5.41, 5.74) is 5.20. The fourth-order valence-electron chi connectivity index (χ4n) is 4.38. The van der Waals surface area contributed by atoms with E-state index in [1.54, 1.807) is 0 Å². The first-order valence-electron chi connectivity index (χ1n) is 10.2. The SMILES string of the molecule is O=C(CN1C(=O)N[C@H](Cc2c[nH]c3ccccc23)C1=O)Nc1ccc2c(c1)CCC2. The number of anilines is 1. The Morgan fingerprint density at radius 1 is 1.10 bits per heavy atom. The van der Waals surface area contributed by atoms with Crippen LogP contribution in [0.2, 0.25) is 0 Å². The van der Waals surface area contributed by atoms with Gasteiger partial charge in [-0.3, -0.25) is 14.5 Å². The molecule has 1 aliphatic heterocycles. The number of para-hydroxylation sites is 1. The topological polar surface area (TPSA) is 94.3 Å². The van der Waals surface area contributed by atoms with E-state index in [2.05, 4.69) is 15.6 Å². The van der Waals surface area contributed by atoms with E-state index in [1.165, 1.54) is 11.1 Å². The third kappa shape index (κ3) is 3.32. The third-order valence-electron chi connectivity index (χ3n) is 5.89. The number of carbonyl (C=O) groups is 3. The van der Waals surface area contributed by atoms with Crippen LogP contribution in [0.4, 0.5) is 10.5 Å². The molecule has 2 aromatic carbocycles. The summed E-state index contributed by atoms with van der Waals surface area (Å²) in [7, 11) is 0. The number of hydrogen-bond donors (Lipinski definition) is 3. The number of nitrogens with zero attached hydrogens (tertiary/aromatic N) is 1. The maximum Gasteiger partial charge on any atom is 0.325 e. The lowest BCUT2D eigenvalue weighted by Gasteiger charge is -2.13. The maximum absolute atomic E-state index is 12.8. The number of aromatic nitrogens is 1. The molecule has 4 amide bonds. The largest absolute Gasteiger partial charge is 0.361 e. The molecule has 5 rings (SSSR count). The molecule has 0 unspecified atom stereocenters. The van der Waals surface area contributed by atoms with Crippen molar-refractivity contribution in [3.8, 4) is 0 Å². The van der Waals surface area contributed by atoms with Crippen LogP contribution in [0.5, 0.6) is 0 Å². The number of H-pyrrole nitrogens is 1. The summed E-state index contributed by atoms with van der Waals surface area (Å²) >= 11 is 0. The highest BCUT2D eigenvalue weighted by atomic mass is 16.2. The fraction of sp³-hybridized carbons (Fsp3) is 0.261. The van der Waals surface area contributed by atoms with Gasteiger partial charge in [-0.25, -0.2) is 4.79 Å². The summed E-state index contributed by atoms with van der Waals surface area (Å²) in [6.07, 6.45) is 5.45. The maximum atomic E-state index is 12.8. The minimum absolute atomic E-state index is 0.299. The van der Waals surface area contributed by atoms with Crippen molar-refractivity contribution in [2.24, 2.45) is 0 Å². The smallest absolute Gasteiger partial charge is 0.325 e. The van der Waals surface area contributed by atoms with E-state index in [0.29, 0.717) is 12.1 Å². The normalized spacial score (nSPS) is 18.0. The molecule has 0 radical (unpaired) electrons. The average Bonchev–Trinajstić information content (AvgIpc) is 3.43. The molecule has 152 valence electrons. The Bertz CT molecular complexity index is 1170. The number of imide groups is 1. The van der Waals surface area contributed by atoms with Gasteiger partial charge < -0.3 is 15.6 Å². The predicted molar refractivity (Wildman–Crippen MR) is 113 cm³/mol. The second-order valence-electron chi connectivity index (χ2n) is 7.88. The van der Waals surface area contributed by atoms with E-state index < -0.39 is 12.1 Å². The van der Waals surface area contributed by atoms with Gasteiger partial charge in [-0.2, -0.15) is 0 Å². The van der Waals surface area contributed by atoms with Crippen molar-refractivity contribution in [1.29, 1.82) is 0 Å². The van der Waals surface area contributed by atoms with Crippen LogP contribution in [-0.4, -0.2) is 40.3 Å². The van der Waals surface area contributed by atoms with E-state index in [4.69, 9.17) is 0 Å². The molecule has 1 aliphatic carbocycles. The van der Waals surface area contributed by atoms with E-state index in [9.17, 15) is 14.4 Å². The Labute approximate surface area is 173 Å². The summed E-state index contributed by atoms with van der Waals surface area (Å²) in [5.74, 6) is -0.765. The number of rotatable bonds is 5. The van der Waals surface area contributed by atoms with Gasteiger partial charge in [-0.1, -0.05) is 24.3 Å². The summed E-state index contributed by atoms with van der Waals surface area (Å²) in [5, 5.41) is 6.53. The number of hydrogen-bond acceptors (Lipinski definition) is 3. The molecule has 1 saturated heterocycles. The Hall–Kier alpha value is -3.61. The highest BCUT2D eigenvalue weighted by Crippen LogP contribution is 2.25. The highest BCUT2D eigenvalue weighted by molar-refractivity contribution is 6.08. The van der Waals surface area contributed by atoms with Crippen LogP contribution < -0.4 is 10.6 Å². The van der Waals surface area contributed by atoms with Crippen molar-refractivity contribution >= 4 is 34.4 Å². The minimum atomic E-state index is -0.676. The Kier molecular flexibility index (Phi) is 4.50. The zero-order valence-electron chi connectivity index (χ0n) is 16.4. The molecule has 30 heavy (non-hydrogen) atoms. The predicted octanol–water partition coefficient (Wildman–Crippen LogP) is 2.76. The van der Waals surface area contributed by atoms with Crippen LogP contribution in [0.15, 0.2) is 48.7 Å². The van der Waals surface area contributed by atoms with Gasteiger partial charge in [-0.05, 0) is 54.2 Å². The number of fused-ring (bicyclic) bond motifs is 2. The molecular formula is C23H22N4O3. The van der Waals surface area contributed by atoms with Gasteiger partial charge in [0.2, 0.25) is 5.91 Å². The quantitative estimate of drug-likeness (QED) is 0.573. The third-order valence-corrected chi connectivity index (χ3v) is 5.89. The van der Waals surface area contributed by atoms with Crippen LogP contribution in [0.1, 0.15) is 23.1 Å². The number of aromatic amines is 1. The van der Waals surface area contributed by atoms with Crippen molar-refractivity contribution in [2.75, 3.05) is 11.9 Å². The van der Waals surface area contributed by atoms with Crippen LogP contribution in [0, 0.1) is 0 Å². The summed E-state index contributed by atoms with van der Waals surface area (Å²) in [6.45, 7) is -0.299. The van der Waals surface area contributed by atoms with Crippen molar-refractivity contribution in [1.82, 2.24) is 15.2 Å². The van der Waals surface area contributed by atoms with Crippen molar-refractivity contribution in [3.63, 3.8) is 0 Å². The van der Waals surface area contributed by atoms with Gasteiger partial charge in [0.05, 0.1) is 0 Å². The minimum Gasteiger partial charge on any atom is -0.361 e. The lowest BCUT2D eigenvalue weighted by molar-refractivity contribution is -0.130. The lowest BCUT2D eigenvalue weighted by Crippen LogP contribution is -2.38. The van der Waals surface area contributed by atoms with Gasteiger partial charge in [0, 0.05) is 29.2 Å². The van der Waals surface area contributed by atoms with Gasteiger partial charge in [0.1, 0.15) is 12.6 Å². The van der Waals surface area contributed by atoms with E-state index in [1.807, 2.05) is 48.7 Å². The molecule has 0 spiro atoms. The number of nitrogens with one attached hydrogen (secondary N) is 3. The molecule has 1 fully saturated rings. The Morgan fingerprint density at radius 2 is 1.93 bits per heavy atom. The van der Waals surface area contributed by atoms with E-state index in [0.717, 1.165) is 40.6 Å². The monoisotopic (exact) mass is 402 g/mol. The van der Waals surface area contributed by atoms with Gasteiger partial charge in [0.25, 0.3) is 5.91 Å². The first-order chi connectivity index (χ1) is 14.6. The molecule has 0 bridgehead atoms. The van der Waals surface area contributed by atoms with Crippen LogP contribution in [0.25, 0.3) is 10.9 Å². The molecule has 2 heterocycles. The second-order valence-corrected chi connectivity index (χ2v) is 7.88. The molecule has 7 nitrogen and oxygen atoms in total. The van der Waals surface area contributed by atoms with Crippen LogP contribution in [-0.2, 0) is 28.9 Å². The van der Waals surface area contributed by atoms with E-state index >= 15 is 0 Å². The van der Waals surface area contributed by atoms with Gasteiger partial charge >= 0.3 is 6.03 Å². The van der Waals surface area contributed by atoms with E-state index in [-0.39, 0.29) is 18.4 Å². The molecule has 0 saturated carbocycles. The number of urea groups is 1. The van der Waals surface area contributed by atoms with Gasteiger partial charge in [0.15, 0.2) is 0 Å². The zero-order chi connectivity index (χ0) is 20.7. The summed E-state index contributed by atoms with van der Waals surface area (Å²) < 4.78 is 0. The van der Waals surface area contributed by atoms with Crippen molar-refractivity contribution in [3.05, 3.63) is 65.4 Å². The number of carbonyl (C=O) groups excluding carboxylic acids is 3. The molecule has 1 aromatic heterocycles. The second kappa shape index (κ2) is 7.33. The molecule has 3 aromatic rings. The fourth-order valence-corrected chi connectivity index (χ4v) is 4.38. The molecule has 3 N–H and O–H groups in total. The average molecular weight is 402 g/mol. The number of aryl methyl sites for hydroxylation is 2. The molecular weight excluding hydrogens is 380 g/mol. The van der Waals surface area contributed by atoms with Crippen LogP contribution in [0.3, 0.4) is 0 Å². The highest BCUT2D eigenvalue weighted by Gasteiger charge is 2.39. The first kappa shape index (κ1) is 18.4. The van der Waals surface area contributed by atoms with Crippen LogP contribution >= 0.6 is 0 Å².